The predicted molar refractivity (Wildman–Crippen MR) is 104 cm³/mol. The normalized spacial score (nSPS) is 11.5. The Hall–Kier alpha value is -2.77. The van der Waals surface area contributed by atoms with Gasteiger partial charge in [-0.2, -0.15) is 9.50 Å². The molecule has 8 heteroatoms. The number of nitrogens with zero attached hydrogens (tertiary/aromatic N) is 5. The molecule has 138 valence electrons. The number of methoxy groups -OCH3 is 1. The van der Waals surface area contributed by atoms with Crippen molar-refractivity contribution in [3.8, 4) is 11.3 Å². The van der Waals surface area contributed by atoms with Gasteiger partial charge in [0.1, 0.15) is 5.82 Å². The maximum absolute atomic E-state index is 13.2. The van der Waals surface area contributed by atoms with Gasteiger partial charge in [0.15, 0.2) is 0 Å². The summed E-state index contributed by atoms with van der Waals surface area (Å²) >= 11 is 6.20. The molecular weight excluding hydrogens is 366 g/mol. The number of fused-ring (bicyclic) bond motifs is 2. The fourth-order valence-electron chi connectivity index (χ4n) is 3.18. The van der Waals surface area contributed by atoms with Gasteiger partial charge in [0.25, 0.3) is 11.3 Å². The minimum absolute atomic E-state index is 0.124. The van der Waals surface area contributed by atoms with Gasteiger partial charge in [-0.3, -0.25) is 4.79 Å². The summed E-state index contributed by atoms with van der Waals surface area (Å²) in [5, 5.41) is 5.52. The van der Waals surface area contributed by atoms with Gasteiger partial charge in [-0.05, 0) is 31.5 Å². The monoisotopic (exact) mass is 383 g/mol. The lowest BCUT2D eigenvalue weighted by atomic mass is 10.1. The summed E-state index contributed by atoms with van der Waals surface area (Å²) in [7, 11) is 1.65. The van der Waals surface area contributed by atoms with E-state index in [-0.39, 0.29) is 5.56 Å². The van der Waals surface area contributed by atoms with Crippen molar-refractivity contribution in [2.24, 2.45) is 0 Å². The van der Waals surface area contributed by atoms with Crippen molar-refractivity contribution in [3.63, 3.8) is 0 Å². The second-order valence-electron chi connectivity index (χ2n) is 6.26. The molecule has 4 aromatic rings. The highest BCUT2D eigenvalue weighted by atomic mass is 35.5. The molecule has 0 unspecified atom stereocenters. The molecule has 1 aromatic carbocycles. The first-order chi connectivity index (χ1) is 13.1. The van der Waals surface area contributed by atoms with Crippen LogP contribution in [0.25, 0.3) is 27.9 Å². The van der Waals surface area contributed by atoms with Crippen LogP contribution in [-0.2, 0) is 11.3 Å². The molecule has 27 heavy (non-hydrogen) atoms. The molecule has 0 aliphatic rings. The Morgan fingerprint density at radius 3 is 2.85 bits per heavy atom. The second-order valence-corrected chi connectivity index (χ2v) is 6.70. The van der Waals surface area contributed by atoms with Crippen LogP contribution in [0.2, 0.25) is 5.02 Å². The first kappa shape index (κ1) is 17.6. The van der Waals surface area contributed by atoms with Crippen LogP contribution in [-0.4, -0.2) is 37.9 Å². The molecule has 0 radical (unpaired) electrons. The molecule has 0 aliphatic carbocycles. The minimum Gasteiger partial charge on any atom is -0.385 e. The number of rotatable bonds is 5. The standard InChI is InChI=1S/C19H18ClN5O2/c1-12-21-19-22-15-7-9-24(8-4-10-27-2)18(26)16(15)17(25(19)23-12)13-5-3-6-14(20)11-13/h3,5-7,9,11H,4,8,10H2,1-2H3. The van der Waals surface area contributed by atoms with E-state index in [9.17, 15) is 4.79 Å². The molecule has 0 spiro atoms. The Bertz CT molecular complexity index is 1200. The molecule has 0 fully saturated rings. The van der Waals surface area contributed by atoms with Crippen LogP contribution in [0.15, 0.2) is 41.3 Å². The zero-order valence-electron chi connectivity index (χ0n) is 15.0. The highest BCUT2D eigenvalue weighted by Gasteiger charge is 2.18. The average molecular weight is 384 g/mol. The smallest absolute Gasteiger partial charge is 0.262 e. The van der Waals surface area contributed by atoms with E-state index < -0.39 is 0 Å². The molecular formula is C19H18ClN5O2. The highest BCUT2D eigenvalue weighted by molar-refractivity contribution is 6.30. The largest absolute Gasteiger partial charge is 0.385 e. The molecule has 0 saturated heterocycles. The summed E-state index contributed by atoms with van der Waals surface area (Å²) in [5.74, 6) is 1.04. The summed E-state index contributed by atoms with van der Waals surface area (Å²) in [6.07, 6.45) is 2.50. The first-order valence-corrected chi connectivity index (χ1v) is 8.97. The summed E-state index contributed by atoms with van der Waals surface area (Å²) in [6.45, 7) is 2.95. The van der Waals surface area contributed by atoms with Gasteiger partial charge in [-0.15, -0.1) is 5.10 Å². The van der Waals surface area contributed by atoms with Crippen molar-refractivity contribution in [3.05, 3.63) is 57.7 Å². The summed E-state index contributed by atoms with van der Waals surface area (Å²) < 4.78 is 8.38. The minimum atomic E-state index is -0.124. The van der Waals surface area contributed by atoms with Crippen LogP contribution in [0, 0.1) is 6.92 Å². The third-order valence-electron chi connectivity index (χ3n) is 4.35. The fourth-order valence-corrected chi connectivity index (χ4v) is 3.37. The molecule has 7 nitrogen and oxygen atoms in total. The predicted octanol–water partition coefficient (Wildman–Crippen LogP) is 3.10. The van der Waals surface area contributed by atoms with Crippen molar-refractivity contribution < 1.29 is 4.74 Å². The maximum Gasteiger partial charge on any atom is 0.262 e. The molecule has 4 rings (SSSR count). The van der Waals surface area contributed by atoms with Crippen LogP contribution < -0.4 is 5.56 Å². The van der Waals surface area contributed by atoms with Crippen LogP contribution >= 0.6 is 11.6 Å². The van der Waals surface area contributed by atoms with Gasteiger partial charge < -0.3 is 9.30 Å². The van der Waals surface area contributed by atoms with Crippen LogP contribution in [0.1, 0.15) is 12.2 Å². The number of hydrogen-bond acceptors (Lipinski definition) is 5. The number of aromatic nitrogens is 5. The van der Waals surface area contributed by atoms with Gasteiger partial charge in [-0.1, -0.05) is 23.7 Å². The lowest BCUT2D eigenvalue weighted by Gasteiger charge is -2.11. The molecule has 0 N–H and O–H groups in total. The Morgan fingerprint density at radius 1 is 1.22 bits per heavy atom. The van der Waals surface area contributed by atoms with Crippen LogP contribution in [0.3, 0.4) is 0 Å². The summed E-state index contributed by atoms with van der Waals surface area (Å²) in [5.41, 5.74) is 1.89. The van der Waals surface area contributed by atoms with Crippen molar-refractivity contribution in [1.82, 2.24) is 24.1 Å². The van der Waals surface area contributed by atoms with Crippen molar-refractivity contribution in [2.75, 3.05) is 13.7 Å². The number of halogens is 1. The Kier molecular flexibility index (Phi) is 4.63. The quantitative estimate of drug-likeness (QED) is 0.495. The number of benzene rings is 1. The third-order valence-corrected chi connectivity index (χ3v) is 4.59. The van der Waals surface area contributed by atoms with E-state index in [0.717, 1.165) is 12.0 Å². The molecule has 3 heterocycles. The van der Waals surface area contributed by atoms with E-state index in [1.165, 1.54) is 0 Å². The maximum atomic E-state index is 13.2. The first-order valence-electron chi connectivity index (χ1n) is 8.60. The van der Waals surface area contributed by atoms with Gasteiger partial charge in [-0.25, -0.2) is 4.98 Å². The molecule has 0 atom stereocenters. The van der Waals surface area contributed by atoms with Gasteiger partial charge in [0.2, 0.25) is 0 Å². The van der Waals surface area contributed by atoms with Gasteiger partial charge in [0, 0.05) is 37.0 Å². The molecule has 0 aliphatic heterocycles. The highest BCUT2D eigenvalue weighted by Crippen LogP contribution is 2.28. The van der Waals surface area contributed by atoms with E-state index in [4.69, 9.17) is 16.3 Å². The number of ether oxygens (including phenoxy) is 1. The van der Waals surface area contributed by atoms with E-state index in [0.29, 0.717) is 46.4 Å². The number of aryl methyl sites for hydroxylation is 2. The summed E-state index contributed by atoms with van der Waals surface area (Å²) in [4.78, 5) is 22.1. The topological polar surface area (TPSA) is 74.3 Å². The van der Waals surface area contributed by atoms with E-state index in [1.54, 1.807) is 35.4 Å². The van der Waals surface area contributed by atoms with Crippen molar-refractivity contribution >= 4 is 28.3 Å². The molecule has 0 amide bonds. The van der Waals surface area contributed by atoms with Gasteiger partial charge in [0.05, 0.1) is 16.6 Å². The van der Waals surface area contributed by atoms with E-state index in [1.807, 2.05) is 24.3 Å². The van der Waals surface area contributed by atoms with Crippen LogP contribution in [0.5, 0.6) is 0 Å². The van der Waals surface area contributed by atoms with Gasteiger partial charge >= 0.3 is 0 Å². The van der Waals surface area contributed by atoms with E-state index >= 15 is 0 Å². The summed E-state index contributed by atoms with van der Waals surface area (Å²) in [6, 6.07) is 9.19. The lowest BCUT2D eigenvalue weighted by molar-refractivity contribution is 0.190. The number of hydrogen-bond donors (Lipinski definition) is 0. The molecule has 0 bridgehead atoms. The Morgan fingerprint density at radius 2 is 2.07 bits per heavy atom. The average Bonchev–Trinajstić information content (AvgIpc) is 3.01. The SMILES string of the molecule is COCCCn1ccc2nc3nc(C)nn3c(-c3cccc(Cl)c3)c2c1=O. The fraction of sp³-hybridized carbons (Fsp3) is 0.263. The second kappa shape index (κ2) is 7.09. The zero-order valence-corrected chi connectivity index (χ0v) is 15.8. The molecule has 3 aromatic heterocycles. The van der Waals surface area contributed by atoms with Crippen LogP contribution in [0.4, 0.5) is 0 Å². The Balaban J connectivity index is 2.05. The number of pyridine rings is 1. The van der Waals surface area contributed by atoms with Crippen molar-refractivity contribution in [2.45, 2.75) is 19.9 Å². The van der Waals surface area contributed by atoms with E-state index in [2.05, 4.69) is 15.1 Å². The lowest BCUT2D eigenvalue weighted by Crippen LogP contribution is -2.22. The Labute approximate surface area is 160 Å². The third kappa shape index (κ3) is 3.20. The van der Waals surface area contributed by atoms with Crippen molar-refractivity contribution in [1.29, 1.82) is 0 Å². The molecule has 0 saturated carbocycles. The zero-order chi connectivity index (χ0) is 19.0.